The molecule has 2 aromatic carbocycles. The first-order valence-corrected chi connectivity index (χ1v) is 12.1. The minimum absolute atomic E-state index is 0.0360. The fourth-order valence-electron chi connectivity index (χ4n) is 3.90. The first-order chi connectivity index (χ1) is 17.2. The molecule has 0 atom stereocenters. The van der Waals surface area contributed by atoms with Gasteiger partial charge in [-0.15, -0.1) is 0 Å². The lowest BCUT2D eigenvalue weighted by Crippen LogP contribution is -2.40. The molecule has 0 saturated carbocycles. The van der Waals surface area contributed by atoms with Crippen LogP contribution in [0.15, 0.2) is 48.5 Å². The molecule has 9 heteroatoms. The van der Waals surface area contributed by atoms with Gasteiger partial charge in [-0.05, 0) is 74.7 Å². The fraction of sp³-hybridized carbons (Fsp3) is 0.333. The van der Waals surface area contributed by atoms with Gasteiger partial charge in [0.1, 0.15) is 0 Å². The molecule has 3 rings (SSSR count). The number of benzene rings is 2. The number of amides is 2. The molecular weight excluding hydrogens is 480 g/mol. The predicted molar refractivity (Wildman–Crippen MR) is 138 cm³/mol. The largest absolute Gasteiger partial charge is 0.469 e. The number of nitrogens with zero attached hydrogens (tertiary/aromatic N) is 3. The highest BCUT2D eigenvalue weighted by Crippen LogP contribution is 2.20. The van der Waals surface area contributed by atoms with Crippen molar-refractivity contribution in [3.8, 4) is 5.69 Å². The highest BCUT2D eigenvalue weighted by molar-refractivity contribution is 6.30. The molecule has 1 heterocycles. The van der Waals surface area contributed by atoms with Crippen LogP contribution < -0.4 is 5.32 Å². The van der Waals surface area contributed by atoms with Gasteiger partial charge in [0.15, 0.2) is 0 Å². The van der Waals surface area contributed by atoms with Crippen LogP contribution in [0.1, 0.15) is 46.2 Å². The number of likely N-dealkylation sites (N-methyl/N-ethyl adjacent to an activating group) is 1. The van der Waals surface area contributed by atoms with Crippen molar-refractivity contribution in [3.05, 3.63) is 81.6 Å². The van der Waals surface area contributed by atoms with Gasteiger partial charge in [-0.3, -0.25) is 14.4 Å². The molecule has 0 aliphatic heterocycles. The molecule has 0 unspecified atom stereocenters. The third kappa shape index (κ3) is 6.73. The van der Waals surface area contributed by atoms with Gasteiger partial charge in [0.05, 0.1) is 25.0 Å². The summed E-state index contributed by atoms with van der Waals surface area (Å²) in [7, 11) is 1.38. The number of carbonyl (C=O) groups is 3. The van der Waals surface area contributed by atoms with Crippen molar-refractivity contribution >= 4 is 29.4 Å². The minimum atomic E-state index is -0.261. The van der Waals surface area contributed by atoms with Crippen LogP contribution in [0.3, 0.4) is 0 Å². The van der Waals surface area contributed by atoms with Crippen LogP contribution in [0.25, 0.3) is 5.69 Å². The van der Waals surface area contributed by atoms with Gasteiger partial charge in [-0.25, -0.2) is 4.68 Å². The number of nitrogens with one attached hydrogen (secondary N) is 1. The molecule has 36 heavy (non-hydrogen) atoms. The summed E-state index contributed by atoms with van der Waals surface area (Å²) >= 11 is 5.89. The monoisotopic (exact) mass is 510 g/mol. The van der Waals surface area contributed by atoms with Crippen LogP contribution >= 0.6 is 11.6 Å². The van der Waals surface area contributed by atoms with Crippen molar-refractivity contribution in [1.29, 1.82) is 0 Å². The summed E-state index contributed by atoms with van der Waals surface area (Å²) in [6.45, 7) is 6.42. The molecule has 0 aliphatic rings. The maximum Gasteiger partial charge on any atom is 0.305 e. The van der Waals surface area contributed by atoms with E-state index in [4.69, 9.17) is 16.3 Å². The van der Waals surface area contributed by atoms with Crippen molar-refractivity contribution in [1.82, 2.24) is 20.0 Å². The summed E-state index contributed by atoms with van der Waals surface area (Å²) in [5, 5.41) is 8.08. The van der Waals surface area contributed by atoms with E-state index < -0.39 is 0 Å². The Morgan fingerprint density at radius 3 is 2.33 bits per heavy atom. The van der Waals surface area contributed by atoms with E-state index in [-0.39, 0.29) is 30.7 Å². The molecular formula is C27H31ClN4O4. The number of hydrogen-bond acceptors (Lipinski definition) is 5. The van der Waals surface area contributed by atoms with Gasteiger partial charge >= 0.3 is 5.97 Å². The Morgan fingerprint density at radius 1 is 1.06 bits per heavy atom. The van der Waals surface area contributed by atoms with Gasteiger partial charge < -0.3 is 15.0 Å². The zero-order valence-corrected chi connectivity index (χ0v) is 21.8. The SMILES string of the molecule is CCN(CC(=O)NCc1ccc(Cl)cc1)C(=O)c1ccc(-n2nc(C)c(CCC(=O)OC)c2C)cc1. The van der Waals surface area contributed by atoms with Gasteiger partial charge in [0, 0.05) is 35.8 Å². The van der Waals surface area contributed by atoms with Gasteiger partial charge in [-0.1, -0.05) is 23.7 Å². The third-order valence-electron chi connectivity index (χ3n) is 6.01. The molecule has 0 saturated heterocycles. The average Bonchev–Trinajstić information content (AvgIpc) is 3.17. The summed E-state index contributed by atoms with van der Waals surface area (Å²) < 4.78 is 6.54. The van der Waals surface area contributed by atoms with Crippen LogP contribution in [-0.4, -0.2) is 52.7 Å². The number of methoxy groups -OCH3 is 1. The third-order valence-corrected chi connectivity index (χ3v) is 6.27. The normalized spacial score (nSPS) is 10.7. The average molecular weight is 511 g/mol. The first-order valence-electron chi connectivity index (χ1n) is 11.8. The number of ether oxygens (including phenoxy) is 1. The molecule has 2 amide bonds. The Morgan fingerprint density at radius 2 is 1.72 bits per heavy atom. The van der Waals surface area contributed by atoms with E-state index in [2.05, 4.69) is 10.4 Å². The molecule has 0 radical (unpaired) electrons. The van der Waals surface area contributed by atoms with Crippen molar-refractivity contribution in [2.24, 2.45) is 0 Å². The van der Waals surface area contributed by atoms with Crippen molar-refractivity contribution in [2.45, 2.75) is 40.2 Å². The Balaban J connectivity index is 1.64. The molecule has 1 N–H and O–H groups in total. The molecule has 1 aromatic heterocycles. The highest BCUT2D eigenvalue weighted by Gasteiger charge is 2.19. The Kier molecular flexibility index (Phi) is 9.25. The summed E-state index contributed by atoms with van der Waals surface area (Å²) in [4.78, 5) is 38.5. The number of carbonyl (C=O) groups excluding carboxylic acids is 3. The van der Waals surface area contributed by atoms with Crippen molar-refractivity contribution in [3.63, 3.8) is 0 Å². The van der Waals surface area contributed by atoms with Crippen LogP contribution in [-0.2, 0) is 27.3 Å². The summed E-state index contributed by atoms with van der Waals surface area (Å²) in [5.74, 6) is -0.722. The number of aryl methyl sites for hydroxylation is 1. The lowest BCUT2D eigenvalue weighted by Gasteiger charge is -2.20. The van der Waals surface area contributed by atoms with E-state index in [9.17, 15) is 14.4 Å². The zero-order chi connectivity index (χ0) is 26.2. The molecule has 0 bridgehead atoms. The van der Waals surface area contributed by atoms with E-state index in [1.54, 1.807) is 28.9 Å². The molecule has 3 aromatic rings. The van der Waals surface area contributed by atoms with Gasteiger partial charge in [0.2, 0.25) is 5.91 Å². The smallest absolute Gasteiger partial charge is 0.305 e. The second kappa shape index (κ2) is 12.4. The van der Waals surface area contributed by atoms with E-state index >= 15 is 0 Å². The number of aromatic nitrogens is 2. The number of hydrogen-bond donors (Lipinski definition) is 1. The lowest BCUT2D eigenvalue weighted by atomic mass is 10.1. The fourth-order valence-corrected chi connectivity index (χ4v) is 4.03. The van der Waals surface area contributed by atoms with E-state index in [0.29, 0.717) is 30.1 Å². The second-order valence-corrected chi connectivity index (χ2v) is 8.84. The van der Waals surface area contributed by atoms with Gasteiger partial charge in [-0.2, -0.15) is 5.10 Å². The standard InChI is InChI=1S/C27H31ClN4O4/c1-5-31(17-25(33)29-16-20-6-10-22(28)11-7-20)27(35)21-8-12-23(13-9-21)32-19(3)24(18(2)30-32)14-15-26(34)36-4/h6-13H,5,14-17H2,1-4H3,(H,29,33). The Labute approximate surface area is 216 Å². The highest BCUT2D eigenvalue weighted by atomic mass is 35.5. The van der Waals surface area contributed by atoms with Crippen molar-refractivity contribution in [2.75, 3.05) is 20.2 Å². The maximum absolute atomic E-state index is 13.0. The first kappa shape index (κ1) is 26.9. The molecule has 190 valence electrons. The van der Waals surface area contributed by atoms with Crippen LogP contribution in [0, 0.1) is 13.8 Å². The maximum atomic E-state index is 13.0. The van der Waals surface area contributed by atoms with E-state index in [1.807, 2.05) is 45.0 Å². The molecule has 0 fully saturated rings. The number of rotatable bonds is 10. The molecule has 0 spiro atoms. The Hall–Kier alpha value is -3.65. The summed E-state index contributed by atoms with van der Waals surface area (Å²) in [6.07, 6.45) is 0.837. The molecule has 0 aliphatic carbocycles. The summed E-state index contributed by atoms with van der Waals surface area (Å²) in [6, 6.07) is 14.3. The van der Waals surface area contributed by atoms with E-state index in [0.717, 1.165) is 28.2 Å². The van der Waals surface area contributed by atoms with Crippen LogP contribution in [0.5, 0.6) is 0 Å². The number of esters is 1. The summed E-state index contributed by atoms with van der Waals surface area (Å²) in [5.41, 5.74) is 5.00. The van der Waals surface area contributed by atoms with Crippen LogP contribution in [0.4, 0.5) is 0 Å². The zero-order valence-electron chi connectivity index (χ0n) is 21.0. The predicted octanol–water partition coefficient (Wildman–Crippen LogP) is 4.03. The molecule has 8 nitrogen and oxygen atoms in total. The van der Waals surface area contributed by atoms with Crippen molar-refractivity contribution < 1.29 is 19.1 Å². The quantitative estimate of drug-likeness (QED) is 0.416. The van der Waals surface area contributed by atoms with Crippen LogP contribution in [0.2, 0.25) is 5.02 Å². The lowest BCUT2D eigenvalue weighted by molar-refractivity contribution is -0.140. The topological polar surface area (TPSA) is 93.5 Å². The Bertz CT molecular complexity index is 1220. The van der Waals surface area contributed by atoms with Gasteiger partial charge in [0.25, 0.3) is 5.91 Å². The minimum Gasteiger partial charge on any atom is -0.469 e. The second-order valence-electron chi connectivity index (χ2n) is 8.41. The van der Waals surface area contributed by atoms with E-state index in [1.165, 1.54) is 12.0 Å². The number of halogens is 1.